The standard InChI is InChI=1S/C18H19ClN2O2S/c1-4-23-17(22)15-10-24-18(20-15)21-9-12(7-11(2)3)14-6-5-13(19)8-16(14)21/h5-6,8-11H,4,7H2,1-3H3. The van der Waals surface area contributed by atoms with Gasteiger partial charge in [-0.3, -0.25) is 4.57 Å². The lowest BCUT2D eigenvalue weighted by molar-refractivity contribution is 0.0520. The number of rotatable bonds is 5. The van der Waals surface area contributed by atoms with Gasteiger partial charge in [0.2, 0.25) is 0 Å². The van der Waals surface area contributed by atoms with Gasteiger partial charge in [0.15, 0.2) is 10.8 Å². The molecule has 0 spiro atoms. The molecule has 0 saturated carbocycles. The Hall–Kier alpha value is -1.85. The SMILES string of the molecule is CCOC(=O)c1csc(-n2cc(CC(C)C)c3ccc(Cl)cc32)n1. The summed E-state index contributed by atoms with van der Waals surface area (Å²) >= 11 is 7.60. The average molecular weight is 363 g/mol. The van der Waals surface area contributed by atoms with Crippen LogP contribution in [0.5, 0.6) is 0 Å². The average Bonchev–Trinajstić information content (AvgIpc) is 3.12. The molecule has 4 nitrogen and oxygen atoms in total. The molecule has 0 aliphatic rings. The minimum absolute atomic E-state index is 0.339. The maximum absolute atomic E-state index is 11.8. The lowest BCUT2D eigenvalue weighted by Crippen LogP contribution is -2.05. The molecule has 0 aliphatic carbocycles. The van der Waals surface area contributed by atoms with Gasteiger partial charge in [0.25, 0.3) is 0 Å². The molecule has 0 fully saturated rings. The summed E-state index contributed by atoms with van der Waals surface area (Å²) in [5.74, 6) is 0.156. The highest BCUT2D eigenvalue weighted by atomic mass is 35.5. The number of ether oxygens (including phenoxy) is 1. The van der Waals surface area contributed by atoms with Crippen LogP contribution < -0.4 is 0 Å². The molecule has 0 amide bonds. The fraction of sp³-hybridized carbons (Fsp3) is 0.333. The maximum atomic E-state index is 11.8. The first-order chi connectivity index (χ1) is 11.5. The number of carbonyl (C=O) groups excluding carboxylic acids is 1. The van der Waals surface area contributed by atoms with Crippen LogP contribution in [-0.4, -0.2) is 22.1 Å². The van der Waals surface area contributed by atoms with Crippen molar-refractivity contribution in [3.05, 3.63) is 46.1 Å². The number of nitrogens with zero attached hydrogens (tertiary/aromatic N) is 2. The maximum Gasteiger partial charge on any atom is 0.357 e. The van der Waals surface area contributed by atoms with Crippen LogP contribution in [0.25, 0.3) is 16.0 Å². The van der Waals surface area contributed by atoms with Crippen molar-refractivity contribution in [3.8, 4) is 5.13 Å². The predicted molar refractivity (Wildman–Crippen MR) is 98.5 cm³/mol. The Labute approximate surface area is 150 Å². The zero-order valence-corrected chi connectivity index (χ0v) is 15.4. The van der Waals surface area contributed by atoms with Gasteiger partial charge in [0, 0.05) is 22.0 Å². The molecule has 0 unspecified atom stereocenters. The Bertz CT molecular complexity index is 882. The Balaban J connectivity index is 2.08. The highest BCUT2D eigenvalue weighted by Crippen LogP contribution is 2.30. The number of fused-ring (bicyclic) bond motifs is 1. The van der Waals surface area contributed by atoms with Gasteiger partial charge in [-0.05, 0) is 37.0 Å². The van der Waals surface area contributed by atoms with E-state index in [9.17, 15) is 4.79 Å². The molecule has 0 N–H and O–H groups in total. The van der Waals surface area contributed by atoms with Gasteiger partial charge in [0.05, 0.1) is 12.1 Å². The molecule has 0 aliphatic heterocycles. The van der Waals surface area contributed by atoms with Crippen LogP contribution in [0.2, 0.25) is 5.02 Å². The Morgan fingerprint density at radius 3 is 2.92 bits per heavy atom. The van der Waals surface area contributed by atoms with E-state index in [1.807, 2.05) is 22.8 Å². The third-order valence-corrected chi connectivity index (χ3v) is 4.74. The van der Waals surface area contributed by atoms with Crippen LogP contribution in [0.3, 0.4) is 0 Å². The number of aromatic nitrogens is 2. The van der Waals surface area contributed by atoms with Crippen LogP contribution in [0, 0.1) is 5.92 Å². The topological polar surface area (TPSA) is 44.1 Å². The first-order valence-electron chi connectivity index (χ1n) is 7.92. The number of esters is 1. The van der Waals surface area contributed by atoms with Crippen LogP contribution >= 0.6 is 22.9 Å². The van der Waals surface area contributed by atoms with Crippen LogP contribution in [0.15, 0.2) is 29.8 Å². The van der Waals surface area contributed by atoms with E-state index >= 15 is 0 Å². The van der Waals surface area contributed by atoms with E-state index in [0.29, 0.717) is 23.2 Å². The molecule has 2 heterocycles. The second-order valence-corrected chi connectivity index (χ2v) is 7.29. The van der Waals surface area contributed by atoms with Gasteiger partial charge in [-0.15, -0.1) is 11.3 Å². The molecule has 3 rings (SSSR count). The van der Waals surface area contributed by atoms with E-state index in [4.69, 9.17) is 16.3 Å². The van der Waals surface area contributed by atoms with Crippen molar-refractivity contribution in [2.75, 3.05) is 6.61 Å². The first kappa shape index (κ1) is 17.0. The molecule has 3 aromatic rings. The van der Waals surface area contributed by atoms with Gasteiger partial charge >= 0.3 is 5.97 Å². The summed E-state index contributed by atoms with van der Waals surface area (Å²) < 4.78 is 7.02. The molecular weight excluding hydrogens is 344 g/mol. The third kappa shape index (κ3) is 3.32. The summed E-state index contributed by atoms with van der Waals surface area (Å²) in [5.41, 5.74) is 2.60. The summed E-state index contributed by atoms with van der Waals surface area (Å²) in [5, 5.41) is 4.31. The first-order valence-corrected chi connectivity index (χ1v) is 9.17. The van der Waals surface area contributed by atoms with Crippen molar-refractivity contribution in [2.45, 2.75) is 27.2 Å². The van der Waals surface area contributed by atoms with Gasteiger partial charge in [-0.2, -0.15) is 0 Å². The van der Waals surface area contributed by atoms with Gasteiger partial charge < -0.3 is 4.74 Å². The van der Waals surface area contributed by atoms with E-state index in [0.717, 1.165) is 17.1 Å². The predicted octanol–water partition coefficient (Wildman–Crippen LogP) is 5.12. The monoisotopic (exact) mass is 362 g/mol. The number of thiazole rings is 1. The summed E-state index contributed by atoms with van der Waals surface area (Å²) in [6.07, 6.45) is 3.07. The number of halogens is 1. The van der Waals surface area contributed by atoms with E-state index in [1.54, 1.807) is 12.3 Å². The molecule has 1 aromatic carbocycles. The van der Waals surface area contributed by atoms with Crippen molar-refractivity contribution in [1.29, 1.82) is 0 Å². The minimum Gasteiger partial charge on any atom is -0.461 e. The Kier molecular flexibility index (Phi) is 4.92. The van der Waals surface area contributed by atoms with E-state index in [1.165, 1.54) is 22.3 Å². The van der Waals surface area contributed by atoms with Crippen molar-refractivity contribution >= 4 is 39.8 Å². The lowest BCUT2D eigenvalue weighted by atomic mass is 10.0. The lowest BCUT2D eigenvalue weighted by Gasteiger charge is -2.02. The normalized spacial score (nSPS) is 11.4. The number of hydrogen-bond acceptors (Lipinski definition) is 4. The zero-order valence-electron chi connectivity index (χ0n) is 13.9. The fourth-order valence-corrected chi connectivity index (χ4v) is 3.65. The van der Waals surface area contributed by atoms with Crippen LogP contribution in [-0.2, 0) is 11.2 Å². The van der Waals surface area contributed by atoms with E-state index in [-0.39, 0.29) is 0 Å². The highest BCUT2D eigenvalue weighted by molar-refractivity contribution is 7.12. The van der Waals surface area contributed by atoms with Crippen molar-refractivity contribution < 1.29 is 9.53 Å². The number of carbonyl (C=O) groups is 1. The third-order valence-electron chi connectivity index (χ3n) is 3.66. The second kappa shape index (κ2) is 6.95. The second-order valence-electron chi connectivity index (χ2n) is 6.02. The van der Waals surface area contributed by atoms with Gasteiger partial charge in [-0.1, -0.05) is 31.5 Å². The summed E-state index contributed by atoms with van der Waals surface area (Å²) in [6.45, 7) is 6.51. The molecule has 0 saturated heterocycles. The molecule has 0 bridgehead atoms. The smallest absolute Gasteiger partial charge is 0.357 e. The zero-order chi connectivity index (χ0) is 17.3. The van der Waals surface area contributed by atoms with Gasteiger partial charge in [0.1, 0.15) is 0 Å². The summed E-state index contributed by atoms with van der Waals surface area (Å²) in [7, 11) is 0. The van der Waals surface area contributed by atoms with Crippen molar-refractivity contribution in [3.63, 3.8) is 0 Å². The molecule has 0 atom stereocenters. The molecule has 24 heavy (non-hydrogen) atoms. The van der Waals surface area contributed by atoms with Crippen LogP contribution in [0.1, 0.15) is 36.8 Å². The molecular formula is C18H19ClN2O2S. The molecule has 6 heteroatoms. The largest absolute Gasteiger partial charge is 0.461 e. The quantitative estimate of drug-likeness (QED) is 0.592. The Morgan fingerprint density at radius 1 is 1.42 bits per heavy atom. The van der Waals surface area contributed by atoms with E-state index in [2.05, 4.69) is 25.0 Å². The Morgan fingerprint density at radius 2 is 2.21 bits per heavy atom. The molecule has 2 aromatic heterocycles. The van der Waals surface area contributed by atoms with Crippen molar-refractivity contribution in [1.82, 2.24) is 9.55 Å². The van der Waals surface area contributed by atoms with Gasteiger partial charge in [-0.25, -0.2) is 9.78 Å². The summed E-state index contributed by atoms with van der Waals surface area (Å²) in [4.78, 5) is 16.3. The minimum atomic E-state index is -0.392. The number of hydrogen-bond donors (Lipinski definition) is 0. The number of benzene rings is 1. The fourth-order valence-electron chi connectivity index (χ4n) is 2.71. The highest BCUT2D eigenvalue weighted by Gasteiger charge is 2.16. The molecule has 0 radical (unpaired) electrons. The van der Waals surface area contributed by atoms with E-state index < -0.39 is 5.97 Å². The summed E-state index contributed by atoms with van der Waals surface area (Å²) in [6, 6.07) is 5.89. The molecule has 126 valence electrons. The van der Waals surface area contributed by atoms with Crippen molar-refractivity contribution in [2.24, 2.45) is 5.92 Å². The van der Waals surface area contributed by atoms with Crippen LogP contribution in [0.4, 0.5) is 0 Å².